The second-order valence-electron chi connectivity index (χ2n) is 10.1. The Hall–Kier alpha value is -0.0301. The Labute approximate surface area is 143 Å². The van der Waals surface area contributed by atoms with Gasteiger partial charge in [0, 0.05) is 5.72 Å². The quantitative estimate of drug-likeness (QED) is 0.716. The lowest BCUT2D eigenvalue weighted by atomic mass is 9.43. The fourth-order valence-corrected chi connectivity index (χ4v) is 3.02. The molecule has 0 saturated carbocycles. The Morgan fingerprint density at radius 1 is 0.565 bits per heavy atom. The zero-order chi connectivity index (χ0) is 18.1. The third-order valence-electron chi connectivity index (χ3n) is 6.13. The van der Waals surface area contributed by atoms with Gasteiger partial charge < -0.3 is 18.6 Å². The van der Waals surface area contributed by atoms with Gasteiger partial charge in [0.2, 0.25) is 0 Å². The molecule has 0 bridgehead atoms. The summed E-state index contributed by atoms with van der Waals surface area (Å²) in [4.78, 5) is 0. The van der Waals surface area contributed by atoms with E-state index in [-0.39, 0.29) is 47.8 Å². The van der Waals surface area contributed by atoms with Gasteiger partial charge in [-0.1, -0.05) is 20.8 Å². The van der Waals surface area contributed by atoms with E-state index < -0.39 is 0 Å². The van der Waals surface area contributed by atoms with Crippen molar-refractivity contribution in [2.45, 2.75) is 104 Å². The summed E-state index contributed by atoms with van der Waals surface area (Å²) in [7, 11) is -0.704. The summed E-state index contributed by atoms with van der Waals surface area (Å²) in [5.41, 5.74) is -1.53. The van der Waals surface area contributed by atoms with Crippen LogP contribution in [0, 0.1) is 5.41 Å². The van der Waals surface area contributed by atoms with Crippen molar-refractivity contribution in [3.05, 3.63) is 0 Å². The van der Waals surface area contributed by atoms with E-state index in [9.17, 15) is 0 Å². The van der Waals surface area contributed by atoms with Gasteiger partial charge in [-0.3, -0.25) is 0 Å². The largest absolute Gasteiger partial charge is 0.459 e. The number of rotatable bonds is 2. The first-order valence-corrected chi connectivity index (χ1v) is 8.71. The van der Waals surface area contributed by atoms with Crippen LogP contribution >= 0.6 is 0 Å². The fraction of sp³-hybridized carbons (Fsp3) is 1.00. The predicted molar refractivity (Wildman–Crippen MR) is 95.4 cm³/mol. The van der Waals surface area contributed by atoms with Gasteiger partial charge in [0.15, 0.2) is 0 Å². The molecule has 2 fully saturated rings. The molecule has 2 aliphatic rings. The molecular formula is C17H34B2O4. The van der Waals surface area contributed by atoms with Crippen LogP contribution in [0.4, 0.5) is 0 Å². The summed E-state index contributed by atoms with van der Waals surface area (Å²) >= 11 is 0. The SMILES string of the molecule is CC(C)(C)C(B1OC(C)(C)C(C)(C)O1)B1OC(C)(C)C(C)(C)O1. The molecule has 0 aromatic carbocycles. The average Bonchev–Trinajstić information content (AvgIpc) is 2.54. The molecule has 0 spiro atoms. The number of hydrogen-bond acceptors (Lipinski definition) is 4. The lowest BCUT2D eigenvalue weighted by Gasteiger charge is -2.33. The van der Waals surface area contributed by atoms with Crippen molar-refractivity contribution in [3.63, 3.8) is 0 Å². The molecule has 0 aliphatic carbocycles. The van der Waals surface area contributed by atoms with Crippen LogP contribution < -0.4 is 0 Å². The van der Waals surface area contributed by atoms with Crippen LogP contribution in [0.15, 0.2) is 0 Å². The van der Waals surface area contributed by atoms with E-state index in [2.05, 4.69) is 76.2 Å². The normalized spacial score (nSPS) is 28.7. The first-order chi connectivity index (χ1) is 10.0. The summed E-state index contributed by atoms with van der Waals surface area (Å²) in [6.07, 6.45) is 0. The van der Waals surface area contributed by atoms with Crippen molar-refractivity contribution in [1.82, 2.24) is 0 Å². The maximum atomic E-state index is 6.32. The molecule has 0 radical (unpaired) electrons. The van der Waals surface area contributed by atoms with Crippen molar-refractivity contribution in [2.75, 3.05) is 0 Å². The van der Waals surface area contributed by atoms with Crippen molar-refractivity contribution in [2.24, 2.45) is 5.41 Å². The maximum Gasteiger partial charge on any atom is 0.459 e. The van der Waals surface area contributed by atoms with Gasteiger partial charge in [0.05, 0.1) is 22.4 Å². The molecule has 2 saturated heterocycles. The molecule has 0 aromatic heterocycles. The van der Waals surface area contributed by atoms with Gasteiger partial charge in [-0.15, -0.1) is 0 Å². The van der Waals surface area contributed by atoms with E-state index in [0.717, 1.165) is 0 Å². The van der Waals surface area contributed by atoms with Crippen LogP contribution in [0.3, 0.4) is 0 Å². The van der Waals surface area contributed by atoms with Gasteiger partial charge in [0.25, 0.3) is 0 Å². The van der Waals surface area contributed by atoms with Crippen molar-refractivity contribution in [3.8, 4) is 0 Å². The van der Waals surface area contributed by atoms with Gasteiger partial charge in [-0.05, 0) is 60.8 Å². The molecular weight excluding hydrogens is 290 g/mol. The molecule has 2 heterocycles. The van der Waals surface area contributed by atoms with Crippen LogP contribution in [-0.2, 0) is 18.6 Å². The highest BCUT2D eigenvalue weighted by atomic mass is 16.7. The Kier molecular flexibility index (Phi) is 4.39. The van der Waals surface area contributed by atoms with Crippen molar-refractivity contribution >= 4 is 14.2 Å². The van der Waals surface area contributed by atoms with E-state index in [1.54, 1.807) is 0 Å². The van der Waals surface area contributed by atoms with Crippen molar-refractivity contribution < 1.29 is 18.6 Å². The monoisotopic (exact) mass is 324 g/mol. The topological polar surface area (TPSA) is 36.9 Å². The summed E-state index contributed by atoms with van der Waals surface area (Å²) in [6, 6.07) is 0. The fourth-order valence-electron chi connectivity index (χ4n) is 3.02. The molecule has 0 atom stereocenters. The zero-order valence-electron chi connectivity index (χ0n) is 16.9. The Bertz CT molecular complexity index is 398. The first-order valence-electron chi connectivity index (χ1n) is 8.71. The second kappa shape index (κ2) is 5.23. The van der Waals surface area contributed by atoms with Gasteiger partial charge >= 0.3 is 14.2 Å². The minimum absolute atomic E-state index is 0.0235. The third-order valence-corrected chi connectivity index (χ3v) is 6.13. The molecule has 0 N–H and O–H groups in total. The van der Waals surface area contributed by atoms with E-state index in [4.69, 9.17) is 18.6 Å². The van der Waals surface area contributed by atoms with Gasteiger partial charge in [0.1, 0.15) is 0 Å². The molecule has 2 rings (SSSR count). The molecule has 6 heteroatoms. The highest BCUT2D eigenvalue weighted by Gasteiger charge is 2.64. The molecule has 4 nitrogen and oxygen atoms in total. The summed E-state index contributed by atoms with van der Waals surface area (Å²) in [5.74, 6) is 0. The van der Waals surface area contributed by atoms with E-state index >= 15 is 0 Å². The van der Waals surface area contributed by atoms with Crippen LogP contribution in [-0.4, -0.2) is 36.6 Å². The lowest BCUT2D eigenvalue weighted by molar-refractivity contribution is 0.00578. The third kappa shape index (κ3) is 3.24. The minimum atomic E-state index is -0.356. The van der Waals surface area contributed by atoms with E-state index in [1.807, 2.05) is 0 Å². The van der Waals surface area contributed by atoms with Gasteiger partial charge in [-0.2, -0.15) is 0 Å². The second-order valence-corrected chi connectivity index (χ2v) is 10.1. The van der Waals surface area contributed by atoms with Crippen LogP contribution in [0.25, 0.3) is 0 Å². The first kappa shape index (κ1) is 19.3. The van der Waals surface area contributed by atoms with Crippen LogP contribution in [0.5, 0.6) is 0 Å². The smallest absolute Gasteiger partial charge is 0.403 e. The van der Waals surface area contributed by atoms with Crippen LogP contribution in [0.2, 0.25) is 5.72 Å². The Morgan fingerprint density at radius 3 is 0.957 bits per heavy atom. The molecule has 23 heavy (non-hydrogen) atoms. The lowest BCUT2D eigenvalue weighted by Crippen LogP contribution is -2.45. The van der Waals surface area contributed by atoms with E-state index in [0.29, 0.717) is 0 Å². The van der Waals surface area contributed by atoms with Crippen molar-refractivity contribution in [1.29, 1.82) is 0 Å². The van der Waals surface area contributed by atoms with Crippen LogP contribution in [0.1, 0.15) is 76.2 Å². The Morgan fingerprint density at radius 2 is 0.783 bits per heavy atom. The molecule has 2 aliphatic heterocycles. The molecule has 0 amide bonds. The molecule has 132 valence electrons. The minimum Gasteiger partial charge on any atom is -0.403 e. The predicted octanol–water partition coefficient (Wildman–Crippen LogP) is 4.13. The summed E-state index contributed by atoms with van der Waals surface area (Å²) in [5, 5.41) is 0. The zero-order valence-corrected chi connectivity index (χ0v) is 16.9. The summed E-state index contributed by atoms with van der Waals surface area (Å²) < 4.78 is 25.3. The number of hydrogen-bond donors (Lipinski definition) is 0. The maximum absolute atomic E-state index is 6.32. The average molecular weight is 324 g/mol. The summed E-state index contributed by atoms with van der Waals surface area (Å²) in [6.45, 7) is 23.2. The highest BCUT2D eigenvalue weighted by Crippen LogP contribution is 2.50. The molecule has 0 aromatic rings. The van der Waals surface area contributed by atoms with E-state index in [1.165, 1.54) is 0 Å². The van der Waals surface area contributed by atoms with Gasteiger partial charge in [-0.25, -0.2) is 0 Å². The standard InChI is InChI=1S/C17H34B2O4/c1-13(2,3)12(18-20-14(4,5)15(6,7)21-18)19-22-16(8,9)17(10,11)23-19/h12H,1-11H3. The Balaban J connectivity index is 2.32. The highest BCUT2D eigenvalue weighted by molar-refractivity contribution is 6.68. The molecule has 0 unspecified atom stereocenters.